The Hall–Kier alpha value is -2.61. The zero-order valence-corrected chi connectivity index (χ0v) is 16.8. The highest BCUT2D eigenvalue weighted by Gasteiger charge is 2.37. The lowest BCUT2D eigenvalue weighted by atomic mass is 9.75. The van der Waals surface area contributed by atoms with E-state index in [9.17, 15) is 18.0 Å². The highest BCUT2D eigenvalue weighted by atomic mass is 19.4. The van der Waals surface area contributed by atoms with E-state index >= 15 is 0 Å². The molecule has 2 aromatic rings. The Morgan fingerprint density at radius 1 is 1.17 bits per heavy atom. The first-order valence-corrected chi connectivity index (χ1v) is 9.97. The molecule has 1 aliphatic carbocycles. The van der Waals surface area contributed by atoms with E-state index in [2.05, 4.69) is 27.8 Å². The van der Waals surface area contributed by atoms with E-state index in [-0.39, 0.29) is 11.3 Å². The largest absolute Gasteiger partial charge is 0.397 e. The van der Waals surface area contributed by atoms with Gasteiger partial charge in [-0.05, 0) is 49.3 Å². The van der Waals surface area contributed by atoms with Crippen molar-refractivity contribution in [1.82, 2.24) is 4.98 Å². The number of anilines is 2. The summed E-state index contributed by atoms with van der Waals surface area (Å²) in [5.74, 6) is -0.360. The number of pyridine rings is 1. The molecule has 2 N–H and O–H groups in total. The maximum Gasteiger partial charge on any atom is 0.397 e. The maximum atomic E-state index is 12.4. The van der Waals surface area contributed by atoms with Gasteiger partial charge in [-0.15, -0.1) is 0 Å². The molecule has 1 fully saturated rings. The molecule has 1 aromatic carbocycles. The number of aromatic nitrogens is 1. The van der Waals surface area contributed by atoms with Gasteiger partial charge < -0.3 is 15.4 Å². The number of alkyl halides is 3. The van der Waals surface area contributed by atoms with Crippen LogP contribution in [0.15, 0.2) is 48.7 Å². The van der Waals surface area contributed by atoms with Gasteiger partial charge in [0, 0.05) is 19.9 Å². The van der Waals surface area contributed by atoms with Crippen molar-refractivity contribution in [2.75, 3.05) is 24.3 Å². The quantitative estimate of drug-likeness (QED) is 0.652. The normalized spacial score (nSPS) is 21.8. The molecule has 1 amide bonds. The number of carbonyl (C=O) groups is 1. The van der Waals surface area contributed by atoms with Gasteiger partial charge in [-0.2, -0.15) is 13.2 Å². The van der Waals surface area contributed by atoms with E-state index in [1.165, 1.54) is 17.8 Å². The van der Waals surface area contributed by atoms with Crippen LogP contribution in [0.3, 0.4) is 0 Å². The van der Waals surface area contributed by atoms with Crippen LogP contribution in [-0.2, 0) is 15.1 Å². The molecule has 0 unspecified atom stereocenters. The number of methoxy groups -OCH3 is 1. The molecule has 0 spiro atoms. The second-order valence-electron chi connectivity index (χ2n) is 7.63. The molecule has 8 heteroatoms. The number of ether oxygens (including phenoxy) is 1. The molecule has 1 aliphatic rings. The Balaban J connectivity index is 1.57. The second kappa shape index (κ2) is 9.47. The summed E-state index contributed by atoms with van der Waals surface area (Å²) in [4.78, 5) is 15.8. The summed E-state index contributed by atoms with van der Waals surface area (Å²) in [7, 11) is 1.75. The molecule has 30 heavy (non-hydrogen) atoms. The SMILES string of the molecule is COC1(c2ccccc2)CCC(CNc2ncccc2NC(=O)CC(F)(F)F)CC1. The summed E-state index contributed by atoms with van der Waals surface area (Å²) in [6, 6.07) is 13.3. The molecular weight excluding hydrogens is 395 g/mol. The van der Waals surface area contributed by atoms with Gasteiger partial charge in [-0.25, -0.2) is 4.98 Å². The van der Waals surface area contributed by atoms with Crippen molar-refractivity contribution in [2.45, 2.75) is 43.9 Å². The van der Waals surface area contributed by atoms with Crippen LogP contribution in [0.2, 0.25) is 0 Å². The molecule has 1 heterocycles. The number of nitrogens with one attached hydrogen (secondary N) is 2. The number of rotatable bonds is 7. The summed E-state index contributed by atoms with van der Waals surface area (Å²) >= 11 is 0. The second-order valence-corrected chi connectivity index (χ2v) is 7.63. The fraction of sp³-hybridized carbons (Fsp3) is 0.455. The Kier molecular flexibility index (Phi) is 6.97. The summed E-state index contributed by atoms with van der Waals surface area (Å²) in [5, 5.41) is 5.48. The monoisotopic (exact) mass is 421 g/mol. The van der Waals surface area contributed by atoms with E-state index in [1.54, 1.807) is 13.2 Å². The lowest BCUT2D eigenvalue weighted by molar-refractivity contribution is -0.150. The van der Waals surface area contributed by atoms with Crippen LogP contribution in [0.1, 0.15) is 37.7 Å². The van der Waals surface area contributed by atoms with Crippen molar-refractivity contribution in [3.63, 3.8) is 0 Å². The number of hydrogen-bond donors (Lipinski definition) is 2. The number of amides is 1. The third-order valence-electron chi connectivity index (χ3n) is 5.60. The minimum absolute atomic E-state index is 0.248. The predicted octanol–water partition coefficient (Wildman–Crippen LogP) is 5.12. The van der Waals surface area contributed by atoms with Crippen LogP contribution in [0, 0.1) is 5.92 Å². The standard InChI is InChI=1S/C22H26F3N3O2/c1-30-21(17-6-3-2-4-7-17)11-9-16(10-12-21)15-27-20-18(8-5-13-26-20)28-19(29)14-22(23,24)25/h2-8,13,16H,9-12,14-15H2,1H3,(H,26,27)(H,28,29). The van der Waals surface area contributed by atoms with Gasteiger partial charge in [0.05, 0.1) is 11.3 Å². The number of carbonyl (C=O) groups excluding carboxylic acids is 1. The van der Waals surface area contributed by atoms with E-state index in [4.69, 9.17) is 4.74 Å². The molecule has 162 valence electrons. The fourth-order valence-corrected chi connectivity index (χ4v) is 3.97. The molecule has 0 radical (unpaired) electrons. The predicted molar refractivity (Wildman–Crippen MR) is 109 cm³/mol. The topological polar surface area (TPSA) is 63.2 Å². The van der Waals surface area contributed by atoms with Crippen LogP contribution < -0.4 is 10.6 Å². The average Bonchev–Trinajstić information content (AvgIpc) is 2.73. The first-order chi connectivity index (χ1) is 14.3. The smallest absolute Gasteiger partial charge is 0.374 e. The Morgan fingerprint density at radius 3 is 2.50 bits per heavy atom. The Morgan fingerprint density at radius 2 is 1.87 bits per heavy atom. The van der Waals surface area contributed by atoms with Crippen LogP contribution in [-0.4, -0.2) is 30.7 Å². The van der Waals surface area contributed by atoms with Gasteiger partial charge >= 0.3 is 6.18 Å². The maximum absolute atomic E-state index is 12.4. The first-order valence-electron chi connectivity index (χ1n) is 9.97. The fourth-order valence-electron chi connectivity index (χ4n) is 3.97. The molecule has 1 saturated carbocycles. The van der Waals surface area contributed by atoms with Crippen molar-refractivity contribution in [3.8, 4) is 0 Å². The van der Waals surface area contributed by atoms with Gasteiger partial charge in [0.2, 0.25) is 5.91 Å². The molecule has 0 aliphatic heterocycles. The molecular formula is C22H26F3N3O2. The van der Waals surface area contributed by atoms with E-state index in [1.807, 2.05) is 18.2 Å². The Labute approximate surface area is 174 Å². The summed E-state index contributed by atoms with van der Waals surface area (Å²) < 4.78 is 43.1. The Bertz CT molecular complexity index is 835. The minimum atomic E-state index is -4.55. The molecule has 0 bridgehead atoms. The zero-order chi connectivity index (χ0) is 21.6. The lowest BCUT2D eigenvalue weighted by Crippen LogP contribution is -2.35. The highest BCUT2D eigenvalue weighted by Crippen LogP contribution is 2.42. The molecule has 5 nitrogen and oxygen atoms in total. The van der Waals surface area contributed by atoms with Crippen molar-refractivity contribution >= 4 is 17.4 Å². The molecule has 0 saturated heterocycles. The number of halogens is 3. The number of hydrogen-bond acceptors (Lipinski definition) is 4. The summed E-state index contributed by atoms with van der Waals surface area (Å²) in [6.45, 7) is 0.619. The first kappa shape index (κ1) is 22.1. The van der Waals surface area contributed by atoms with Crippen LogP contribution in [0.5, 0.6) is 0 Å². The number of benzene rings is 1. The minimum Gasteiger partial charge on any atom is -0.374 e. The third-order valence-corrected chi connectivity index (χ3v) is 5.60. The van der Waals surface area contributed by atoms with Gasteiger partial charge in [-0.1, -0.05) is 30.3 Å². The van der Waals surface area contributed by atoms with Crippen LogP contribution >= 0.6 is 0 Å². The van der Waals surface area contributed by atoms with E-state index in [0.717, 1.165) is 25.7 Å². The van der Waals surface area contributed by atoms with Gasteiger partial charge in [0.25, 0.3) is 0 Å². The van der Waals surface area contributed by atoms with Gasteiger partial charge in [0.15, 0.2) is 0 Å². The van der Waals surface area contributed by atoms with Gasteiger partial charge in [-0.3, -0.25) is 4.79 Å². The van der Waals surface area contributed by atoms with Gasteiger partial charge in [0.1, 0.15) is 12.2 Å². The summed E-state index contributed by atoms with van der Waals surface area (Å²) in [5.41, 5.74) is 1.15. The van der Waals surface area contributed by atoms with Crippen molar-refractivity contribution in [2.24, 2.45) is 5.92 Å². The van der Waals surface area contributed by atoms with E-state index in [0.29, 0.717) is 18.3 Å². The highest BCUT2D eigenvalue weighted by molar-refractivity contribution is 5.93. The van der Waals surface area contributed by atoms with E-state index < -0.39 is 18.5 Å². The number of nitrogens with zero attached hydrogens (tertiary/aromatic N) is 1. The molecule has 1 aromatic heterocycles. The van der Waals surface area contributed by atoms with Crippen LogP contribution in [0.4, 0.5) is 24.7 Å². The zero-order valence-electron chi connectivity index (χ0n) is 16.8. The van der Waals surface area contributed by atoms with Crippen molar-refractivity contribution < 1.29 is 22.7 Å². The molecule has 3 rings (SSSR count). The van der Waals surface area contributed by atoms with Crippen molar-refractivity contribution in [1.29, 1.82) is 0 Å². The molecule has 0 atom stereocenters. The van der Waals surface area contributed by atoms with Crippen LogP contribution in [0.25, 0.3) is 0 Å². The van der Waals surface area contributed by atoms with Crippen molar-refractivity contribution in [3.05, 3.63) is 54.2 Å². The summed E-state index contributed by atoms with van der Waals surface area (Å²) in [6.07, 6.45) is -0.879. The average molecular weight is 421 g/mol. The third kappa shape index (κ3) is 5.72. The lowest BCUT2D eigenvalue weighted by Gasteiger charge is -2.39.